The molecule has 4 rings (SSSR count). The van der Waals surface area contributed by atoms with Gasteiger partial charge in [-0.25, -0.2) is 9.59 Å². The van der Waals surface area contributed by atoms with Gasteiger partial charge in [0.05, 0.1) is 28.1 Å². The molecule has 4 atom stereocenters. The van der Waals surface area contributed by atoms with Crippen molar-refractivity contribution in [1.29, 1.82) is 0 Å². The molecule has 0 spiro atoms. The van der Waals surface area contributed by atoms with Crippen LogP contribution in [-0.2, 0) is 9.59 Å². The lowest BCUT2D eigenvalue weighted by Crippen LogP contribution is -2.39. The smallest absolute Gasteiger partial charge is 0.335 e. The van der Waals surface area contributed by atoms with Crippen LogP contribution >= 0.6 is 11.6 Å². The number of Topliss-reactive ketones (excluding diaryl/α,β-unsaturated/α-hetero) is 1. The lowest BCUT2D eigenvalue weighted by molar-refractivity contribution is -0.165. The number of aliphatic carboxylic acids is 2. The van der Waals surface area contributed by atoms with Gasteiger partial charge >= 0.3 is 11.9 Å². The largest absolute Gasteiger partial charge is 0.479 e. The van der Waals surface area contributed by atoms with Gasteiger partial charge in [0.25, 0.3) is 0 Å². The molecule has 1 aromatic heterocycles. The van der Waals surface area contributed by atoms with E-state index in [2.05, 4.69) is 4.90 Å². The van der Waals surface area contributed by atoms with Gasteiger partial charge in [0.15, 0.2) is 18.0 Å². The molecular formula is C24H31ClN2O9. The SMILES string of the molecule is CC(C)(O)CN1CC2C(CCC(=O)c3cc(Cl)c(N)c4ccoc34)C2C1.O=C(O)C(O)C(O)C(=O)O. The zero-order valence-electron chi connectivity index (χ0n) is 19.9. The van der Waals surface area contributed by atoms with Crippen LogP contribution in [0.15, 0.2) is 22.8 Å². The first-order chi connectivity index (χ1) is 16.7. The molecule has 1 saturated carbocycles. The van der Waals surface area contributed by atoms with E-state index in [0.717, 1.165) is 19.5 Å². The lowest BCUT2D eigenvalue weighted by atomic mass is 10.0. The zero-order chi connectivity index (χ0) is 26.9. The van der Waals surface area contributed by atoms with E-state index in [1.807, 2.05) is 13.8 Å². The van der Waals surface area contributed by atoms with Crippen LogP contribution in [0.25, 0.3) is 11.0 Å². The summed E-state index contributed by atoms with van der Waals surface area (Å²) in [6.45, 7) is 6.47. The number of rotatable bonds is 9. The van der Waals surface area contributed by atoms with Crippen LogP contribution in [0.3, 0.4) is 0 Å². The fraction of sp³-hybridized carbons (Fsp3) is 0.542. The standard InChI is InChI=1S/C20H25ClN2O3.C4H6O6/c1-20(2,25)10-23-8-14-11(15(14)9-23)3-4-17(24)13-7-16(21)18(22)12-5-6-26-19(12)13;5-1(3(7)8)2(6)4(9)10/h5-7,11,14-15,25H,3-4,8-10,22H2,1-2H3;1-2,5-6H,(H,7,8)(H,9,10). The third-order valence-corrected chi connectivity index (χ3v) is 6.91. The Bertz CT molecular complexity index is 1110. The molecule has 1 aliphatic heterocycles. The first-order valence-electron chi connectivity index (χ1n) is 11.5. The number of carbonyl (C=O) groups excluding carboxylic acids is 1. The summed E-state index contributed by atoms with van der Waals surface area (Å²) >= 11 is 6.17. The van der Waals surface area contributed by atoms with Gasteiger partial charge in [-0.15, -0.1) is 0 Å². The number of aliphatic hydroxyl groups excluding tert-OH is 2. The maximum absolute atomic E-state index is 12.7. The van der Waals surface area contributed by atoms with E-state index in [0.29, 0.717) is 58.0 Å². The Morgan fingerprint density at radius 3 is 2.22 bits per heavy atom. The summed E-state index contributed by atoms with van der Waals surface area (Å²) in [6, 6.07) is 3.37. The lowest BCUT2D eigenvalue weighted by Gasteiger charge is -2.27. The van der Waals surface area contributed by atoms with Gasteiger partial charge in [-0.3, -0.25) is 9.69 Å². The average molecular weight is 527 g/mol. The van der Waals surface area contributed by atoms with Crippen LogP contribution in [0, 0.1) is 17.8 Å². The number of benzene rings is 1. The normalized spacial score (nSPS) is 22.9. The van der Waals surface area contributed by atoms with Gasteiger partial charge in [-0.1, -0.05) is 11.6 Å². The number of fused-ring (bicyclic) bond motifs is 2. The first-order valence-corrected chi connectivity index (χ1v) is 11.8. The molecule has 11 nitrogen and oxygen atoms in total. The van der Waals surface area contributed by atoms with Gasteiger partial charge < -0.3 is 35.7 Å². The van der Waals surface area contributed by atoms with E-state index in [4.69, 9.17) is 42.2 Å². The number of hydrogen-bond acceptors (Lipinski definition) is 9. The van der Waals surface area contributed by atoms with Crippen molar-refractivity contribution in [3.63, 3.8) is 0 Å². The second-order valence-electron chi connectivity index (χ2n) is 10.0. The topological polar surface area (TPSA) is 195 Å². The highest BCUT2D eigenvalue weighted by Gasteiger charge is 2.55. The molecule has 36 heavy (non-hydrogen) atoms. The number of nitrogens with two attached hydrogens (primary N) is 1. The highest BCUT2D eigenvalue weighted by atomic mass is 35.5. The summed E-state index contributed by atoms with van der Waals surface area (Å²) < 4.78 is 5.47. The maximum Gasteiger partial charge on any atom is 0.335 e. The quantitative estimate of drug-likeness (QED) is 0.204. The van der Waals surface area contributed by atoms with Gasteiger partial charge in [0.2, 0.25) is 0 Å². The molecule has 1 aromatic carbocycles. The molecule has 2 heterocycles. The van der Waals surface area contributed by atoms with Crippen molar-refractivity contribution in [1.82, 2.24) is 4.90 Å². The fourth-order valence-electron chi connectivity index (χ4n) is 4.88. The van der Waals surface area contributed by atoms with Gasteiger partial charge in [-0.2, -0.15) is 0 Å². The Balaban J connectivity index is 0.000000308. The van der Waals surface area contributed by atoms with E-state index in [9.17, 15) is 19.5 Å². The molecule has 0 bridgehead atoms. The number of aliphatic hydroxyl groups is 3. The Morgan fingerprint density at radius 1 is 1.17 bits per heavy atom. The number of nitrogen functional groups attached to an aromatic ring is 1. The van der Waals surface area contributed by atoms with E-state index in [-0.39, 0.29) is 5.78 Å². The fourth-order valence-corrected chi connectivity index (χ4v) is 5.09. The van der Waals surface area contributed by atoms with E-state index in [1.165, 1.54) is 6.26 Å². The number of β-amino-alcohol motifs (C(OH)–C–C–N with tert-alkyl or cyclic N) is 1. The van der Waals surface area contributed by atoms with E-state index < -0.39 is 29.7 Å². The third kappa shape index (κ3) is 6.34. The highest BCUT2D eigenvalue weighted by Crippen LogP contribution is 2.54. The molecule has 2 fully saturated rings. The number of furan rings is 1. The van der Waals surface area contributed by atoms with Crippen molar-refractivity contribution < 1.29 is 44.3 Å². The number of piperidine rings is 1. The minimum Gasteiger partial charge on any atom is -0.479 e. The molecular weight excluding hydrogens is 496 g/mol. The van der Waals surface area contributed by atoms with Gasteiger partial charge in [-0.05, 0) is 50.2 Å². The van der Waals surface area contributed by atoms with Gasteiger partial charge in [0, 0.05) is 31.4 Å². The molecule has 4 unspecified atom stereocenters. The van der Waals surface area contributed by atoms with Crippen LogP contribution in [0.5, 0.6) is 0 Å². The molecule has 2 aliphatic rings. The minimum absolute atomic E-state index is 0.0603. The second-order valence-corrected chi connectivity index (χ2v) is 10.4. The monoisotopic (exact) mass is 526 g/mol. The summed E-state index contributed by atoms with van der Waals surface area (Å²) in [4.78, 5) is 34.6. The number of ketones is 1. The van der Waals surface area contributed by atoms with Crippen molar-refractivity contribution in [3.8, 4) is 0 Å². The highest BCUT2D eigenvalue weighted by molar-refractivity contribution is 6.35. The predicted octanol–water partition coefficient (Wildman–Crippen LogP) is 1.46. The Hall–Kier alpha value is -2.70. The third-order valence-electron chi connectivity index (χ3n) is 6.60. The Labute approximate surface area is 212 Å². The number of anilines is 1. The van der Waals surface area contributed by atoms with Gasteiger partial charge in [0.1, 0.15) is 5.58 Å². The van der Waals surface area contributed by atoms with Crippen LogP contribution in [0.4, 0.5) is 5.69 Å². The minimum atomic E-state index is -2.27. The molecule has 0 radical (unpaired) electrons. The number of likely N-dealkylation sites (tertiary alicyclic amines) is 1. The van der Waals surface area contributed by atoms with Crippen molar-refractivity contribution in [2.24, 2.45) is 17.8 Å². The van der Waals surface area contributed by atoms with E-state index >= 15 is 0 Å². The number of carboxylic acids is 2. The number of nitrogens with zero attached hydrogens (tertiary/aromatic N) is 1. The molecule has 0 amide bonds. The zero-order valence-corrected chi connectivity index (χ0v) is 20.7. The van der Waals surface area contributed by atoms with Crippen LogP contribution in [-0.4, -0.2) is 85.6 Å². The molecule has 7 N–H and O–H groups in total. The van der Waals surface area contributed by atoms with E-state index in [1.54, 1.807) is 12.1 Å². The van der Waals surface area contributed by atoms with Crippen LogP contribution in [0.1, 0.15) is 37.0 Å². The summed E-state index contributed by atoms with van der Waals surface area (Å²) in [6.07, 6.45) is -1.60. The Morgan fingerprint density at radius 2 is 1.72 bits per heavy atom. The number of carbonyl (C=O) groups is 3. The second kappa shape index (κ2) is 10.7. The Kier molecular flexibility index (Phi) is 8.31. The number of halogens is 1. The summed E-state index contributed by atoms with van der Waals surface area (Å²) in [5.74, 6) is -1.52. The number of carboxylic acid groups (broad SMARTS) is 2. The number of hydrogen-bond donors (Lipinski definition) is 6. The molecule has 198 valence electrons. The van der Waals surface area contributed by atoms with Crippen molar-refractivity contribution >= 4 is 46.0 Å². The average Bonchev–Trinajstić information content (AvgIpc) is 3.13. The molecule has 12 heteroatoms. The maximum atomic E-state index is 12.7. The summed E-state index contributed by atoms with van der Waals surface area (Å²) in [5.41, 5.74) is 6.82. The van der Waals surface area contributed by atoms with Crippen molar-refractivity contribution in [2.45, 2.75) is 44.5 Å². The molecule has 2 aromatic rings. The van der Waals surface area contributed by atoms with Crippen molar-refractivity contribution in [3.05, 3.63) is 29.0 Å². The molecule has 1 saturated heterocycles. The van der Waals surface area contributed by atoms with Crippen molar-refractivity contribution in [2.75, 3.05) is 25.4 Å². The predicted molar refractivity (Wildman–Crippen MR) is 130 cm³/mol. The summed E-state index contributed by atoms with van der Waals surface area (Å²) in [5, 5.41) is 43.6. The molecule has 1 aliphatic carbocycles. The summed E-state index contributed by atoms with van der Waals surface area (Å²) in [7, 11) is 0. The van der Waals surface area contributed by atoms with Crippen LogP contribution < -0.4 is 5.73 Å². The van der Waals surface area contributed by atoms with Crippen LogP contribution in [0.2, 0.25) is 5.02 Å². The first kappa shape index (κ1) is 27.9.